The molecule has 0 bridgehead atoms. The Balaban J connectivity index is 2.03. The summed E-state index contributed by atoms with van der Waals surface area (Å²) in [6.07, 6.45) is 1.66. The Labute approximate surface area is 168 Å². The van der Waals surface area contributed by atoms with Gasteiger partial charge in [-0.15, -0.1) is 0 Å². The van der Waals surface area contributed by atoms with E-state index in [1.165, 1.54) is 5.56 Å². The number of nitrogens with zero attached hydrogens (tertiary/aromatic N) is 2. The van der Waals surface area contributed by atoms with Gasteiger partial charge < -0.3 is 10.0 Å². The second-order valence-electron chi connectivity index (χ2n) is 7.87. The number of carbonyl (C=O) groups excluding carboxylic acids is 1. The summed E-state index contributed by atoms with van der Waals surface area (Å²) >= 11 is 0. The zero-order chi connectivity index (χ0) is 20.7. The lowest BCUT2D eigenvalue weighted by atomic mass is 9.87. The highest BCUT2D eigenvalue weighted by Gasteiger charge is 2.14. The van der Waals surface area contributed by atoms with Crippen LogP contribution < -0.4 is 10.3 Å². The maximum Gasteiger partial charge on any atom is 0.271 e. The Morgan fingerprint density at radius 1 is 1.18 bits per heavy atom. The first kappa shape index (κ1) is 21.6. The minimum absolute atomic E-state index is 0.0569. The van der Waals surface area contributed by atoms with E-state index in [2.05, 4.69) is 49.2 Å². The second-order valence-corrected chi connectivity index (χ2v) is 7.87. The second kappa shape index (κ2) is 9.51. The largest absolute Gasteiger partial charge is 0.395 e. The number of benzene rings is 2. The molecule has 0 aliphatic rings. The van der Waals surface area contributed by atoms with Crippen LogP contribution in [0.4, 0.5) is 5.69 Å². The summed E-state index contributed by atoms with van der Waals surface area (Å²) in [4.78, 5) is 14.4. The fourth-order valence-electron chi connectivity index (χ4n) is 2.94. The van der Waals surface area contributed by atoms with Crippen LogP contribution in [0.15, 0.2) is 47.6 Å². The van der Waals surface area contributed by atoms with Gasteiger partial charge in [-0.25, -0.2) is 5.43 Å². The zero-order valence-electron chi connectivity index (χ0n) is 17.5. The number of hydrogen-bond donors (Lipinski definition) is 2. The van der Waals surface area contributed by atoms with E-state index in [1.807, 2.05) is 43.3 Å². The summed E-state index contributed by atoms with van der Waals surface area (Å²) in [5, 5.41) is 13.3. The Morgan fingerprint density at radius 3 is 2.39 bits per heavy atom. The summed E-state index contributed by atoms with van der Waals surface area (Å²) in [5.41, 5.74) is 7.47. The lowest BCUT2D eigenvalue weighted by Gasteiger charge is -2.22. The number of aliphatic hydroxyl groups is 1. The summed E-state index contributed by atoms with van der Waals surface area (Å²) in [7, 11) is 0. The molecule has 0 saturated heterocycles. The molecule has 0 aromatic heterocycles. The molecule has 0 radical (unpaired) electrons. The average Bonchev–Trinajstić information content (AvgIpc) is 2.66. The molecule has 5 nitrogen and oxygen atoms in total. The van der Waals surface area contributed by atoms with Gasteiger partial charge in [0.05, 0.1) is 12.8 Å². The quantitative estimate of drug-likeness (QED) is 0.565. The molecule has 2 aromatic rings. The highest BCUT2D eigenvalue weighted by molar-refractivity contribution is 5.95. The number of nitrogens with one attached hydrogen (secondary N) is 1. The fraction of sp³-hybridized carbons (Fsp3) is 0.391. The molecule has 1 amide bonds. The molecule has 150 valence electrons. The monoisotopic (exact) mass is 381 g/mol. The van der Waals surface area contributed by atoms with Crippen molar-refractivity contribution in [3.8, 4) is 0 Å². The van der Waals surface area contributed by atoms with Gasteiger partial charge in [0, 0.05) is 24.3 Å². The predicted molar refractivity (Wildman–Crippen MR) is 116 cm³/mol. The van der Waals surface area contributed by atoms with Crippen LogP contribution in [-0.2, 0) is 5.41 Å². The zero-order valence-corrected chi connectivity index (χ0v) is 17.5. The number of aryl methyl sites for hydroxylation is 1. The summed E-state index contributed by atoms with van der Waals surface area (Å²) < 4.78 is 0. The third kappa shape index (κ3) is 5.67. The summed E-state index contributed by atoms with van der Waals surface area (Å²) in [6, 6.07) is 13.6. The van der Waals surface area contributed by atoms with Gasteiger partial charge in [0.15, 0.2) is 0 Å². The van der Waals surface area contributed by atoms with E-state index >= 15 is 0 Å². The molecule has 0 saturated carbocycles. The van der Waals surface area contributed by atoms with Crippen molar-refractivity contribution in [2.75, 3.05) is 24.6 Å². The van der Waals surface area contributed by atoms with E-state index in [4.69, 9.17) is 5.11 Å². The van der Waals surface area contributed by atoms with Gasteiger partial charge in [0.25, 0.3) is 5.91 Å². The van der Waals surface area contributed by atoms with Crippen molar-refractivity contribution >= 4 is 17.8 Å². The van der Waals surface area contributed by atoms with E-state index in [9.17, 15) is 4.79 Å². The number of carbonyl (C=O) groups is 1. The van der Waals surface area contributed by atoms with Crippen LogP contribution in [0.1, 0.15) is 54.7 Å². The molecule has 2 aromatic carbocycles. The third-order valence-corrected chi connectivity index (χ3v) is 4.75. The average molecular weight is 382 g/mol. The van der Waals surface area contributed by atoms with Crippen LogP contribution in [0.25, 0.3) is 0 Å². The van der Waals surface area contributed by atoms with Crippen molar-refractivity contribution in [1.29, 1.82) is 0 Å². The van der Waals surface area contributed by atoms with Crippen molar-refractivity contribution in [1.82, 2.24) is 5.43 Å². The normalized spacial score (nSPS) is 11.6. The number of anilines is 1. The minimum atomic E-state index is -0.230. The molecule has 0 heterocycles. The molecule has 0 spiro atoms. The molecular formula is C23H31N3O2. The van der Waals surface area contributed by atoms with Gasteiger partial charge in [-0.2, -0.15) is 5.10 Å². The fourth-order valence-corrected chi connectivity index (χ4v) is 2.94. The minimum Gasteiger partial charge on any atom is -0.395 e. The highest BCUT2D eigenvalue weighted by atomic mass is 16.3. The molecule has 0 unspecified atom stereocenters. The maximum atomic E-state index is 12.3. The van der Waals surface area contributed by atoms with Crippen molar-refractivity contribution < 1.29 is 9.90 Å². The molecule has 2 N–H and O–H groups in total. The molecule has 5 heteroatoms. The van der Waals surface area contributed by atoms with E-state index in [1.54, 1.807) is 6.21 Å². The van der Waals surface area contributed by atoms with E-state index in [-0.39, 0.29) is 17.9 Å². The first-order valence-corrected chi connectivity index (χ1v) is 9.66. The molecule has 2 rings (SSSR count). The lowest BCUT2D eigenvalue weighted by Crippen LogP contribution is -2.26. The Morgan fingerprint density at radius 2 is 1.86 bits per heavy atom. The Kier molecular flexibility index (Phi) is 7.35. The lowest BCUT2D eigenvalue weighted by molar-refractivity contribution is 0.0955. The number of amides is 1. The number of likely N-dealkylation sites (N-methyl/N-ethyl adjacent to an activating group) is 1. The molecule has 0 aliphatic heterocycles. The number of hydrazone groups is 1. The van der Waals surface area contributed by atoms with Crippen LogP contribution in [0.5, 0.6) is 0 Å². The molecule has 0 aliphatic carbocycles. The van der Waals surface area contributed by atoms with Crippen molar-refractivity contribution in [2.24, 2.45) is 5.10 Å². The Hall–Kier alpha value is -2.66. The maximum absolute atomic E-state index is 12.3. The van der Waals surface area contributed by atoms with Crippen LogP contribution >= 0.6 is 0 Å². The number of aliphatic hydroxyl groups excluding tert-OH is 1. The van der Waals surface area contributed by atoms with Crippen LogP contribution in [0, 0.1) is 6.92 Å². The van der Waals surface area contributed by atoms with Gasteiger partial charge in [-0.1, -0.05) is 39.0 Å². The van der Waals surface area contributed by atoms with E-state index in [0.717, 1.165) is 23.4 Å². The first-order valence-electron chi connectivity index (χ1n) is 9.66. The smallest absolute Gasteiger partial charge is 0.271 e. The molecule has 0 atom stereocenters. The molecular weight excluding hydrogens is 350 g/mol. The summed E-state index contributed by atoms with van der Waals surface area (Å²) in [5.74, 6) is -0.230. The standard InChI is InChI=1S/C23H31N3O2/c1-6-26(13-14-27)21-12-9-19(17(2)15-21)16-24-25-22(28)18-7-10-20(11-8-18)23(3,4)5/h7-12,15-16,27H,6,13-14H2,1-5H3,(H,25,28)/b24-16-. The van der Waals surface area contributed by atoms with Gasteiger partial charge in [0.1, 0.15) is 0 Å². The van der Waals surface area contributed by atoms with Gasteiger partial charge in [0.2, 0.25) is 0 Å². The molecule has 0 fully saturated rings. The number of rotatable bonds is 7. The topological polar surface area (TPSA) is 64.9 Å². The first-order chi connectivity index (χ1) is 13.3. The van der Waals surface area contributed by atoms with E-state index < -0.39 is 0 Å². The van der Waals surface area contributed by atoms with Crippen LogP contribution in [-0.4, -0.2) is 36.9 Å². The predicted octanol–water partition coefficient (Wildman–Crippen LogP) is 3.88. The van der Waals surface area contributed by atoms with Gasteiger partial charge >= 0.3 is 0 Å². The summed E-state index contributed by atoms with van der Waals surface area (Å²) in [6.45, 7) is 12.1. The van der Waals surface area contributed by atoms with Crippen LogP contribution in [0.3, 0.4) is 0 Å². The van der Waals surface area contributed by atoms with Crippen molar-refractivity contribution in [2.45, 2.75) is 40.0 Å². The van der Waals surface area contributed by atoms with Crippen molar-refractivity contribution in [3.63, 3.8) is 0 Å². The SMILES string of the molecule is CCN(CCO)c1ccc(/C=N\NC(=O)c2ccc(C(C)(C)C)cc2)c(C)c1. The Bertz CT molecular complexity index is 821. The molecule has 28 heavy (non-hydrogen) atoms. The van der Waals surface area contributed by atoms with E-state index in [0.29, 0.717) is 12.1 Å². The van der Waals surface area contributed by atoms with Gasteiger partial charge in [-0.3, -0.25) is 4.79 Å². The van der Waals surface area contributed by atoms with Crippen molar-refractivity contribution in [3.05, 3.63) is 64.7 Å². The highest BCUT2D eigenvalue weighted by Crippen LogP contribution is 2.22. The van der Waals surface area contributed by atoms with Gasteiger partial charge in [-0.05, 0) is 60.2 Å². The van der Waals surface area contributed by atoms with Crippen LogP contribution in [0.2, 0.25) is 0 Å². The number of hydrogen-bond acceptors (Lipinski definition) is 4. The third-order valence-electron chi connectivity index (χ3n) is 4.75.